The van der Waals surface area contributed by atoms with Crippen molar-refractivity contribution in [3.8, 4) is 5.75 Å². The molecule has 2 amide bonds. The van der Waals surface area contributed by atoms with Gasteiger partial charge in [-0.2, -0.15) is 0 Å². The summed E-state index contributed by atoms with van der Waals surface area (Å²) in [6, 6.07) is 23.3. The zero-order chi connectivity index (χ0) is 26.2. The molecule has 0 fully saturated rings. The summed E-state index contributed by atoms with van der Waals surface area (Å²) in [7, 11) is 0. The number of nitrogens with zero attached hydrogens (tertiary/aromatic N) is 1. The lowest BCUT2D eigenvalue weighted by Gasteiger charge is -2.25. The monoisotopic (exact) mass is 499 g/mol. The Morgan fingerprint density at radius 2 is 1.59 bits per heavy atom. The molecule has 37 heavy (non-hydrogen) atoms. The van der Waals surface area contributed by atoms with E-state index in [0.29, 0.717) is 19.4 Å². The average molecular weight is 500 g/mol. The van der Waals surface area contributed by atoms with E-state index in [1.807, 2.05) is 66.7 Å². The highest BCUT2D eigenvalue weighted by Crippen LogP contribution is 2.33. The van der Waals surface area contributed by atoms with Crippen LogP contribution in [0.2, 0.25) is 0 Å². The third-order valence-corrected chi connectivity index (χ3v) is 6.63. The molecule has 0 heterocycles. The molecule has 1 aliphatic rings. The third-order valence-electron chi connectivity index (χ3n) is 6.63. The van der Waals surface area contributed by atoms with Gasteiger partial charge in [-0.05, 0) is 60.1 Å². The van der Waals surface area contributed by atoms with Crippen molar-refractivity contribution in [1.29, 1.82) is 0 Å². The van der Waals surface area contributed by atoms with Crippen molar-refractivity contribution in [1.82, 2.24) is 10.6 Å². The van der Waals surface area contributed by atoms with Crippen LogP contribution >= 0.6 is 0 Å². The average Bonchev–Trinajstić information content (AvgIpc) is 3.28. The quantitative estimate of drug-likeness (QED) is 0.166. The topological polar surface area (TPSA) is 143 Å². The standard InChI is InChI=1S/C29H33N5O3/c30-29(31)32-17-7-12-25(27(36)33-24-16-13-21-18-22(35)14-15-23(21)24)34-28(37)26(19-8-3-1-4-9-19)20-10-5-2-6-11-20/h1-6,8-11,14-15,18,24-26,35H,7,12-13,16-17H2,(H,33,36)(H,34,37)(H4,30,31,32). The van der Waals surface area contributed by atoms with Crippen LogP contribution in [0.25, 0.3) is 0 Å². The van der Waals surface area contributed by atoms with Crippen LogP contribution in [0, 0.1) is 0 Å². The van der Waals surface area contributed by atoms with Gasteiger partial charge in [0.1, 0.15) is 11.8 Å². The number of aryl methyl sites for hydroxylation is 1. The normalized spacial score (nSPS) is 15.0. The second kappa shape index (κ2) is 12.1. The Morgan fingerprint density at radius 1 is 0.946 bits per heavy atom. The Balaban J connectivity index is 1.54. The van der Waals surface area contributed by atoms with Gasteiger partial charge in [0.15, 0.2) is 5.96 Å². The Bertz CT molecular complexity index is 1200. The van der Waals surface area contributed by atoms with Crippen molar-refractivity contribution in [2.75, 3.05) is 6.54 Å². The second-order valence-electron chi connectivity index (χ2n) is 9.25. The first kappa shape index (κ1) is 25.8. The number of guanidine groups is 1. The van der Waals surface area contributed by atoms with Crippen molar-refractivity contribution in [2.45, 2.75) is 43.7 Å². The molecule has 3 aromatic rings. The number of hydrogen-bond acceptors (Lipinski definition) is 4. The zero-order valence-corrected chi connectivity index (χ0v) is 20.6. The van der Waals surface area contributed by atoms with E-state index < -0.39 is 12.0 Å². The lowest BCUT2D eigenvalue weighted by atomic mass is 9.90. The van der Waals surface area contributed by atoms with Crippen LogP contribution in [0.1, 0.15) is 53.5 Å². The molecule has 0 aliphatic heterocycles. The predicted molar refractivity (Wildman–Crippen MR) is 144 cm³/mol. The molecule has 0 spiro atoms. The number of phenols is 1. The van der Waals surface area contributed by atoms with E-state index in [2.05, 4.69) is 15.6 Å². The van der Waals surface area contributed by atoms with E-state index in [4.69, 9.17) is 11.5 Å². The Labute approximate surface area is 216 Å². The molecule has 8 nitrogen and oxygen atoms in total. The molecular weight excluding hydrogens is 466 g/mol. The molecule has 3 aromatic carbocycles. The maximum atomic E-state index is 13.7. The highest BCUT2D eigenvalue weighted by atomic mass is 16.3. The number of aliphatic imine (C=N–C) groups is 1. The minimum absolute atomic E-state index is 0.0101. The third kappa shape index (κ3) is 6.67. The predicted octanol–water partition coefficient (Wildman–Crippen LogP) is 2.87. The number of rotatable bonds is 10. The summed E-state index contributed by atoms with van der Waals surface area (Å²) >= 11 is 0. The van der Waals surface area contributed by atoms with E-state index in [0.717, 1.165) is 35.1 Å². The van der Waals surface area contributed by atoms with E-state index in [-0.39, 0.29) is 29.6 Å². The Morgan fingerprint density at radius 3 is 2.22 bits per heavy atom. The maximum absolute atomic E-state index is 13.7. The van der Waals surface area contributed by atoms with Gasteiger partial charge in [-0.25, -0.2) is 0 Å². The minimum atomic E-state index is -0.766. The van der Waals surface area contributed by atoms with Crippen molar-refractivity contribution in [3.63, 3.8) is 0 Å². The summed E-state index contributed by atoms with van der Waals surface area (Å²) in [6.07, 6.45) is 2.39. The summed E-state index contributed by atoms with van der Waals surface area (Å²) in [5.74, 6) is -0.877. The van der Waals surface area contributed by atoms with Gasteiger partial charge in [0, 0.05) is 6.54 Å². The van der Waals surface area contributed by atoms with Gasteiger partial charge in [0.2, 0.25) is 11.8 Å². The van der Waals surface area contributed by atoms with Crippen molar-refractivity contribution in [2.24, 2.45) is 16.5 Å². The van der Waals surface area contributed by atoms with Gasteiger partial charge in [0.25, 0.3) is 0 Å². The number of carbonyl (C=O) groups is 2. The molecule has 4 rings (SSSR count). The number of nitrogens with one attached hydrogen (secondary N) is 2. The van der Waals surface area contributed by atoms with Crippen molar-refractivity contribution in [3.05, 3.63) is 101 Å². The molecule has 192 valence electrons. The molecule has 8 heteroatoms. The maximum Gasteiger partial charge on any atom is 0.243 e. The molecule has 0 bridgehead atoms. The number of aromatic hydroxyl groups is 1. The number of carbonyl (C=O) groups excluding carboxylic acids is 2. The van der Waals surface area contributed by atoms with Crippen LogP contribution in [-0.2, 0) is 16.0 Å². The van der Waals surface area contributed by atoms with E-state index in [1.165, 1.54) is 0 Å². The van der Waals surface area contributed by atoms with Crippen LogP contribution in [0.15, 0.2) is 83.9 Å². The summed E-state index contributed by atoms with van der Waals surface area (Å²) in [5, 5.41) is 15.9. The van der Waals surface area contributed by atoms with Gasteiger partial charge in [-0.15, -0.1) is 0 Å². The molecule has 0 aromatic heterocycles. The van der Waals surface area contributed by atoms with Gasteiger partial charge >= 0.3 is 0 Å². The lowest BCUT2D eigenvalue weighted by Crippen LogP contribution is -2.49. The Hall–Kier alpha value is -4.33. The van der Waals surface area contributed by atoms with Gasteiger partial charge in [-0.3, -0.25) is 14.6 Å². The van der Waals surface area contributed by atoms with Crippen molar-refractivity contribution >= 4 is 17.8 Å². The van der Waals surface area contributed by atoms with Crippen LogP contribution in [0.4, 0.5) is 0 Å². The molecule has 1 aliphatic carbocycles. The molecule has 7 N–H and O–H groups in total. The first-order chi connectivity index (χ1) is 17.9. The molecule has 0 saturated heterocycles. The number of benzene rings is 3. The van der Waals surface area contributed by atoms with Gasteiger partial charge < -0.3 is 27.2 Å². The highest BCUT2D eigenvalue weighted by Gasteiger charge is 2.30. The van der Waals surface area contributed by atoms with E-state index in [9.17, 15) is 14.7 Å². The van der Waals surface area contributed by atoms with Crippen LogP contribution in [-0.4, -0.2) is 35.5 Å². The summed E-state index contributed by atoms with van der Waals surface area (Å²) in [5.41, 5.74) is 14.6. The van der Waals surface area contributed by atoms with Gasteiger partial charge in [-0.1, -0.05) is 66.7 Å². The smallest absolute Gasteiger partial charge is 0.243 e. The number of hydrogen-bond donors (Lipinski definition) is 5. The molecular formula is C29H33N5O3. The molecule has 0 radical (unpaired) electrons. The first-order valence-electron chi connectivity index (χ1n) is 12.5. The molecule has 0 saturated carbocycles. The van der Waals surface area contributed by atoms with Gasteiger partial charge in [0.05, 0.1) is 12.0 Å². The van der Waals surface area contributed by atoms with E-state index >= 15 is 0 Å². The fourth-order valence-corrected chi connectivity index (χ4v) is 4.84. The zero-order valence-electron chi connectivity index (χ0n) is 20.6. The lowest BCUT2D eigenvalue weighted by molar-refractivity contribution is -0.130. The summed E-state index contributed by atoms with van der Waals surface area (Å²) < 4.78 is 0. The van der Waals surface area contributed by atoms with Crippen LogP contribution in [0.5, 0.6) is 5.75 Å². The molecule has 2 atom stereocenters. The summed E-state index contributed by atoms with van der Waals surface area (Å²) in [4.78, 5) is 31.2. The van der Waals surface area contributed by atoms with E-state index in [1.54, 1.807) is 12.1 Å². The minimum Gasteiger partial charge on any atom is -0.508 e. The number of fused-ring (bicyclic) bond motifs is 1. The number of nitrogens with two attached hydrogens (primary N) is 2. The highest BCUT2D eigenvalue weighted by molar-refractivity contribution is 5.92. The van der Waals surface area contributed by atoms with Crippen LogP contribution < -0.4 is 22.1 Å². The number of amides is 2. The fraction of sp³-hybridized carbons (Fsp3) is 0.276. The first-order valence-corrected chi connectivity index (χ1v) is 12.5. The number of phenolic OH excluding ortho intramolecular Hbond substituents is 1. The largest absolute Gasteiger partial charge is 0.508 e. The van der Waals surface area contributed by atoms with Crippen LogP contribution in [0.3, 0.4) is 0 Å². The summed E-state index contributed by atoms with van der Waals surface area (Å²) in [6.45, 7) is 0.355. The van der Waals surface area contributed by atoms with Crippen molar-refractivity contribution < 1.29 is 14.7 Å². The SMILES string of the molecule is NC(N)=NCCCC(NC(=O)C(c1ccccc1)c1ccccc1)C(=O)NC1CCc2cc(O)ccc21. The molecule has 2 unspecified atom stereocenters. The Kier molecular flexibility index (Phi) is 8.40. The fourth-order valence-electron chi connectivity index (χ4n) is 4.84. The second-order valence-corrected chi connectivity index (χ2v) is 9.25.